The van der Waals surface area contributed by atoms with E-state index in [1.807, 2.05) is 0 Å². The predicted molar refractivity (Wildman–Crippen MR) is 58.3 cm³/mol. The van der Waals surface area contributed by atoms with Crippen LogP contribution in [-0.2, 0) is 4.79 Å². The largest absolute Gasteiger partial charge is 0.481 e. The normalized spacial score (nSPS) is 19.3. The fourth-order valence-electron chi connectivity index (χ4n) is 2.03. The second-order valence-electron chi connectivity index (χ2n) is 4.13. The van der Waals surface area contributed by atoms with Crippen LogP contribution in [0.1, 0.15) is 23.2 Å². The molecule has 0 aromatic carbocycles. The summed E-state index contributed by atoms with van der Waals surface area (Å²) in [5, 5.41) is 16.0. The maximum absolute atomic E-state index is 12.0. The summed E-state index contributed by atoms with van der Waals surface area (Å²) in [7, 11) is 0. The third kappa shape index (κ3) is 2.77. The van der Waals surface area contributed by atoms with Gasteiger partial charge in [0.05, 0.1) is 18.0 Å². The van der Waals surface area contributed by atoms with Crippen molar-refractivity contribution in [3.05, 3.63) is 24.0 Å². The molecule has 2 heterocycles. The lowest BCUT2D eigenvalue weighted by Crippen LogP contribution is -2.29. The van der Waals surface area contributed by atoms with Gasteiger partial charge in [0.15, 0.2) is 0 Å². The molecule has 1 aromatic rings. The van der Waals surface area contributed by atoms with E-state index in [-0.39, 0.29) is 18.2 Å². The van der Waals surface area contributed by atoms with Crippen molar-refractivity contribution in [2.75, 3.05) is 13.1 Å². The van der Waals surface area contributed by atoms with Gasteiger partial charge in [-0.15, -0.1) is 0 Å². The van der Waals surface area contributed by atoms with Crippen molar-refractivity contribution in [2.45, 2.75) is 12.8 Å². The summed E-state index contributed by atoms with van der Waals surface area (Å²) >= 11 is 0. The highest BCUT2D eigenvalue weighted by molar-refractivity contribution is 5.94. The van der Waals surface area contributed by atoms with E-state index in [2.05, 4.69) is 10.2 Å². The Morgan fingerprint density at radius 2 is 2.29 bits per heavy atom. The molecule has 1 aliphatic rings. The van der Waals surface area contributed by atoms with Crippen LogP contribution in [-0.4, -0.2) is 45.2 Å². The van der Waals surface area contributed by atoms with E-state index in [1.165, 1.54) is 12.4 Å². The van der Waals surface area contributed by atoms with Gasteiger partial charge in [0.2, 0.25) is 0 Å². The Morgan fingerprint density at radius 1 is 1.47 bits per heavy atom. The molecule has 0 aliphatic carbocycles. The zero-order chi connectivity index (χ0) is 12.3. The molecular weight excluding hydrogens is 222 g/mol. The molecule has 1 amide bonds. The molecule has 0 saturated carbocycles. The Kier molecular flexibility index (Phi) is 3.32. The summed E-state index contributed by atoms with van der Waals surface area (Å²) in [6.07, 6.45) is 3.76. The lowest BCUT2D eigenvalue weighted by Gasteiger charge is -2.15. The fraction of sp³-hybridized carbons (Fsp3) is 0.455. The fourth-order valence-corrected chi connectivity index (χ4v) is 2.03. The van der Waals surface area contributed by atoms with E-state index in [0.29, 0.717) is 18.7 Å². The quantitative estimate of drug-likeness (QED) is 0.820. The first-order valence-electron chi connectivity index (χ1n) is 5.44. The van der Waals surface area contributed by atoms with Crippen molar-refractivity contribution < 1.29 is 14.7 Å². The average molecular weight is 235 g/mol. The van der Waals surface area contributed by atoms with Crippen LogP contribution in [0.15, 0.2) is 18.5 Å². The summed E-state index contributed by atoms with van der Waals surface area (Å²) in [4.78, 5) is 24.2. The first-order chi connectivity index (χ1) is 8.16. The highest BCUT2D eigenvalue weighted by atomic mass is 16.4. The third-order valence-corrected chi connectivity index (χ3v) is 2.87. The van der Waals surface area contributed by atoms with Crippen LogP contribution < -0.4 is 0 Å². The average Bonchev–Trinajstić information content (AvgIpc) is 2.77. The van der Waals surface area contributed by atoms with Crippen LogP contribution in [0.4, 0.5) is 0 Å². The number of aromatic nitrogens is 2. The molecule has 1 aliphatic heterocycles. The van der Waals surface area contributed by atoms with Gasteiger partial charge in [-0.3, -0.25) is 9.59 Å². The van der Waals surface area contributed by atoms with Crippen molar-refractivity contribution in [2.24, 2.45) is 5.92 Å². The minimum atomic E-state index is -0.810. The van der Waals surface area contributed by atoms with Crippen LogP contribution in [0.3, 0.4) is 0 Å². The van der Waals surface area contributed by atoms with Crippen LogP contribution in [0.25, 0.3) is 0 Å². The van der Waals surface area contributed by atoms with Crippen LogP contribution in [0, 0.1) is 5.92 Å². The smallest absolute Gasteiger partial charge is 0.303 e. The van der Waals surface area contributed by atoms with E-state index < -0.39 is 5.97 Å². The number of hydrogen-bond acceptors (Lipinski definition) is 4. The second-order valence-corrected chi connectivity index (χ2v) is 4.13. The van der Waals surface area contributed by atoms with Crippen molar-refractivity contribution in [3.8, 4) is 0 Å². The summed E-state index contributed by atoms with van der Waals surface area (Å²) < 4.78 is 0. The van der Waals surface area contributed by atoms with Crippen LogP contribution >= 0.6 is 0 Å². The molecule has 1 fully saturated rings. The van der Waals surface area contributed by atoms with E-state index >= 15 is 0 Å². The lowest BCUT2D eigenvalue weighted by atomic mass is 10.1. The van der Waals surface area contributed by atoms with Gasteiger partial charge in [-0.1, -0.05) is 0 Å². The monoisotopic (exact) mass is 235 g/mol. The minimum Gasteiger partial charge on any atom is -0.481 e. The number of likely N-dealkylation sites (tertiary alicyclic amines) is 1. The second kappa shape index (κ2) is 4.90. The number of carbonyl (C=O) groups is 2. The molecule has 0 radical (unpaired) electrons. The van der Waals surface area contributed by atoms with E-state index in [4.69, 9.17) is 5.11 Å². The highest BCUT2D eigenvalue weighted by Crippen LogP contribution is 2.21. The van der Waals surface area contributed by atoms with Crippen molar-refractivity contribution >= 4 is 11.9 Å². The molecule has 17 heavy (non-hydrogen) atoms. The molecule has 1 atom stereocenters. The maximum atomic E-state index is 12.0. The Balaban J connectivity index is 1.97. The Hall–Kier alpha value is -1.98. The van der Waals surface area contributed by atoms with Gasteiger partial charge in [-0.25, -0.2) is 0 Å². The lowest BCUT2D eigenvalue weighted by molar-refractivity contribution is -0.138. The van der Waals surface area contributed by atoms with Gasteiger partial charge in [0.25, 0.3) is 5.91 Å². The number of rotatable bonds is 3. The van der Waals surface area contributed by atoms with Gasteiger partial charge >= 0.3 is 5.97 Å². The number of nitrogens with zero attached hydrogens (tertiary/aromatic N) is 3. The molecule has 2 rings (SSSR count). The summed E-state index contributed by atoms with van der Waals surface area (Å²) in [6.45, 7) is 1.12. The molecule has 6 nitrogen and oxygen atoms in total. The zero-order valence-corrected chi connectivity index (χ0v) is 9.24. The number of aliphatic carboxylic acids is 1. The van der Waals surface area contributed by atoms with Gasteiger partial charge in [-0.05, 0) is 18.4 Å². The van der Waals surface area contributed by atoms with E-state index in [1.54, 1.807) is 11.0 Å². The highest BCUT2D eigenvalue weighted by Gasteiger charge is 2.28. The maximum Gasteiger partial charge on any atom is 0.303 e. The zero-order valence-electron chi connectivity index (χ0n) is 9.24. The summed E-state index contributed by atoms with van der Waals surface area (Å²) in [5.74, 6) is -0.853. The number of carboxylic acids is 1. The SMILES string of the molecule is O=C(O)CC1CCN(C(=O)c2ccnnc2)C1. The number of carboxylic acid groups (broad SMARTS) is 1. The molecule has 1 aromatic heterocycles. The number of carbonyl (C=O) groups excluding carboxylic acids is 1. The van der Waals surface area contributed by atoms with E-state index in [9.17, 15) is 9.59 Å². The standard InChI is InChI=1S/C11H13N3O3/c15-10(16)5-8-2-4-14(7-8)11(17)9-1-3-12-13-6-9/h1,3,6,8H,2,4-5,7H2,(H,15,16). The van der Waals surface area contributed by atoms with E-state index in [0.717, 1.165) is 6.42 Å². The predicted octanol–water partition coefficient (Wildman–Crippen LogP) is 0.413. The van der Waals surface area contributed by atoms with Crippen molar-refractivity contribution in [3.63, 3.8) is 0 Å². The van der Waals surface area contributed by atoms with Gasteiger partial charge in [0.1, 0.15) is 0 Å². The Morgan fingerprint density at radius 3 is 2.94 bits per heavy atom. The van der Waals surface area contributed by atoms with Crippen LogP contribution in [0.2, 0.25) is 0 Å². The molecule has 6 heteroatoms. The molecule has 1 N–H and O–H groups in total. The van der Waals surface area contributed by atoms with Crippen LogP contribution in [0.5, 0.6) is 0 Å². The van der Waals surface area contributed by atoms with Gasteiger partial charge < -0.3 is 10.0 Å². The Labute approximate surface area is 98.3 Å². The molecular formula is C11H13N3O3. The molecule has 1 saturated heterocycles. The summed E-state index contributed by atoms with van der Waals surface area (Å²) in [5.41, 5.74) is 0.496. The third-order valence-electron chi connectivity index (χ3n) is 2.87. The minimum absolute atomic E-state index is 0.0613. The Bertz CT molecular complexity index is 421. The number of hydrogen-bond donors (Lipinski definition) is 1. The first kappa shape index (κ1) is 11.5. The number of amides is 1. The molecule has 0 bridgehead atoms. The van der Waals surface area contributed by atoms with Gasteiger partial charge in [0, 0.05) is 19.5 Å². The van der Waals surface area contributed by atoms with Gasteiger partial charge in [-0.2, -0.15) is 10.2 Å². The molecule has 0 spiro atoms. The van der Waals surface area contributed by atoms with Crippen molar-refractivity contribution in [1.82, 2.24) is 15.1 Å². The topological polar surface area (TPSA) is 83.4 Å². The molecule has 1 unspecified atom stereocenters. The molecule has 90 valence electrons. The first-order valence-corrected chi connectivity index (χ1v) is 5.44. The van der Waals surface area contributed by atoms with Crippen molar-refractivity contribution in [1.29, 1.82) is 0 Å². The summed E-state index contributed by atoms with van der Waals surface area (Å²) in [6, 6.07) is 1.61.